The largest absolute Gasteiger partial charge is 0.340 e. The van der Waals surface area contributed by atoms with Gasteiger partial charge in [0.15, 0.2) is 11.6 Å². The topological polar surface area (TPSA) is 67.9 Å². The number of aryl methyl sites for hydroxylation is 1. The normalized spacial score (nSPS) is 16.5. The van der Waals surface area contributed by atoms with E-state index in [9.17, 15) is 0 Å². The van der Waals surface area contributed by atoms with Crippen LogP contribution in [0.1, 0.15) is 36.0 Å². The van der Waals surface area contributed by atoms with Crippen LogP contribution < -0.4 is 0 Å². The molecule has 4 rings (SSSR count). The standard InChI is InChI=1S/C17H19N5OS/c1-12-20-16(21-23-12)14-4-6-22(7-5-14)11-13-9-18-17(19-10-13)15-3-2-8-24-15/h2-3,8-10,14H,4-7,11H2,1H3. The van der Waals surface area contributed by atoms with Crippen LogP contribution in [0, 0.1) is 6.92 Å². The Morgan fingerprint density at radius 2 is 2.04 bits per heavy atom. The van der Waals surface area contributed by atoms with Crippen LogP contribution in [0.2, 0.25) is 0 Å². The van der Waals surface area contributed by atoms with Crippen LogP contribution >= 0.6 is 11.3 Å². The average Bonchev–Trinajstić information content (AvgIpc) is 3.28. The Labute approximate surface area is 144 Å². The van der Waals surface area contributed by atoms with Crippen molar-refractivity contribution in [3.63, 3.8) is 0 Å². The number of likely N-dealkylation sites (tertiary alicyclic amines) is 1. The Balaban J connectivity index is 1.33. The van der Waals surface area contributed by atoms with E-state index in [-0.39, 0.29) is 0 Å². The second-order valence-electron chi connectivity index (χ2n) is 6.11. The zero-order valence-corrected chi connectivity index (χ0v) is 14.4. The highest BCUT2D eigenvalue weighted by atomic mass is 32.1. The Hall–Kier alpha value is -2.12. The summed E-state index contributed by atoms with van der Waals surface area (Å²) in [5.74, 6) is 2.72. The molecule has 24 heavy (non-hydrogen) atoms. The minimum absolute atomic E-state index is 0.413. The van der Waals surface area contributed by atoms with E-state index < -0.39 is 0 Å². The predicted molar refractivity (Wildman–Crippen MR) is 91.6 cm³/mol. The maximum Gasteiger partial charge on any atom is 0.223 e. The molecule has 3 aromatic rings. The molecule has 0 bridgehead atoms. The van der Waals surface area contributed by atoms with Crippen LogP contribution in [0.4, 0.5) is 0 Å². The molecule has 0 atom stereocenters. The molecule has 0 amide bonds. The van der Waals surface area contributed by atoms with E-state index >= 15 is 0 Å². The quantitative estimate of drug-likeness (QED) is 0.725. The van der Waals surface area contributed by atoms with E-state index in [0.29, 0.717) is 11.8 Å². The maximum absolute atomic E-state index is 5.09. The number of hydrogen-bond acceptors (Lipinski definition) is 7. The third-order valence-corrected chi connectivity index (χ3v) is 5.21. The molecule has 1 saturated heterocycles. The molecule has 0 aliphatic carbocycles. The highest BCUT2D eigenvalue weighted by Crippen LogP contribution is 2.27. The van der Waals surface area contributed by atoms with Gasteiger partial charge in [0.05, 0.1) is 4.88 Å². The lowest BCUT2D eigenvalue weighted by Gasteiger charge is -2.30. The second kappa shape index (κ2) is 6.78. The fourth-order valence-corrected chi connectivity index (χ4v) is 3.73. The molecule has 0 saturated carbocycles. The van der Waals surface area contributed by atoms with E-state index in [4.69, 9.17) is 4.52 Å². The van der Waals surface area contributed by atoms with E-state index in [1.165, 1.54) is 0 Å². The van der Waals surface area contributed by atoms with E-state index in [1.54, 1.807) is 11.3 Å². The molecule has 0 radical (unpaired) electrons. The van der Waals surface area contributed by atoms with Crippen LogP contribution in [-0.4, -0.2) is 38.1 Å². The fourth-order valence-electron chi connectivity index (χ4n) is 3.06. The van der Waals surface area contributed by atoms with Gasteiger partial charge >= 0.3 is 0 Å². The average molecular weight is 341 g/mol. The lowest BCUT2D eigenvalue weighted by molar-refractivity contribution is 0.200. The van der Waals surface area contributed by atoms with Crippen molar-refractivity contribution in [3.05, 3.63) is 47.2 Å². The summed E-state index contributed by atoms with van der Waals surface area (Å²) >= 11 is 1.66. The van der Waals surface area contributed by atoms with E-state index in [1.807, 2.05) is 36.8 Å². The van der Waals surface area contributed by atoms with Gasteiger partial charge in [-0.15, -0.1) is 11.3 Å². The van der Waals surface area contributed by atoms with Gasteiger partial charge in [0.25, 0.3) is 0 Å². The molecule has 4 heterocycles. The molecular formula is C17H19N5OS. The van der Waals surface area contributed by atoms with Gasteiger partial charge in [-0.1, -0.05) is 11.2 Å². The Morgan fingerprint density at radius 3 is 2.67 bits per heavy atom. The molecule has 1 aliphatic rings. The summed E-state index contributed by atoms with van der Waals surface area (Å²) < 4.78 is 5.09. The molecule has 7 heteroatoms. The fraction of sp³-hybridized carbons (Fsp3) is 0.412. The van der Waals surface area contributed by atoms with Gasteiger partial charge in [0.2, 0.25) is 5.89 Å². The first-order chi connectivity index (χ1) is 11.8. The number of piperidine rings is 1. The molecule has 1 aliphatic heterocycles. The number of hydrogen-bond donors (Lipinski definition) is 0. The Morgan fingerprint density at radius 1 is 1.25 bits per heavy atom. The lowest BCUT2D eigenvalue weighted by atomic mass is 9.96. The third-order valence-electron chi connectivity index (χ3n) is 4.35. The molecule has 0 N–H and O–H groups in total. The van der Waals surface area contributed by atoms with Crippen molar-refractivity contribution in [2.24, 2.45) is 0 Å². The highest BCUT2D eigenvalue weighted by molar-refractivity contribution is 7.13. The van der Waals surface area contributed by atoms with Gasteiger partial charge in [-0.25, -0.2) is 9.97 Å². The number of rotatable bonds is 4. The van der Waals surface area contributed by atoms with Crippen LogP contribution in [0.15, 0.2) is 34.4 Å². The number of aromatic nitrogens is 4. The van der Waals surface area contributed by atoms with Gasteiger partial charge < -0.3 is 4.52 Å². The predicted octanol–water partition coefficient (Wildman–Crippen LogP) is 3.28. The van der Waals surface area contributed by atoms with Crippen LogP contribution in [0.3, 0.4) is 0 Å². The van der Waals surface area contributed by atoms with Crippen molar-refractivity contribution >= 4 is 11.3 Å². The van der Waals surface area contributed by atoms with Crippen molar-refractivity contribution in [2.75, 3.05) is 13.1 Å². The minimum Gasteiger partial charge on any atom is -0.340 e. The van der Waals surface area contributed by atoms with Gasteiger partial charge in [-0.3, -0.25) is 4.90 Å². The van der Waals surface area contributed by atoms with Crippen molar-refractivity contribution in [1.82, 2.24) is 25.0 Å². The van der Waals surface area contributed by atoms with Crippen molar-refractivity contribution in [1.29, 1.82) is 0 Å². The molecule has 124 valence electrons. The Bertz CT molecular complexity index is 776. The molecule has 0 spiro atoms. The maximum atomic E-state index is 5.09. The van der Waals surface area contributed by atoms with E-state index in [0.717, 1.165) is 54.6 Å². The molecule has 0 unspecified atom stereocenters. The van der Waals surface area contributed by atoms with Crippen LogP contribution in [0.25, 0.3) is 10.7 Å². The summed E-state index contributed by atoms with van der Waals surface area (Å²) in [5.41, 5.74) is 1.16. The lowest BCUT2D eigenvalue weighted by Crippen LogP contribution is -2.32. The first kappa shape index (κ1) is 15.4. The van der Waals surface area contributed by atoms with Gasteiger partial charge in [-0.05, 0) is 37.4 Å². The smallest absolute Gasteiger partial charge is 0.223 e. The van der Waals surface area contributed by atoms with Gasteiger partial charge in [0.1, 0.15) is 0 Å². The molecule has 1 fully saturated rings. The molecule has 0 aromatic carbocycles. The molecular weight excluding hydrogens is 322 g/mol. The monoisotopic (exact) mass is 341 g/mol. The van der Waals surface area contributed by atoms with Crippen molar-refractivity contribution in [2.45, 2.75) is 32.2 Å². The van der Waals surface area contributed by atoms with Crippen LogP contribution in [0.5, 0.6) is 0 Å². The molecule has 6 nitrogen and oxygen atoms in total. The first-order valence-electron chi connectivity index (χ1n) is 8.15. The third kappa shape index (κ3) is 3.37. The first-order valence-corrected chi connectivity index (χ1v) is 9.03. The summed E-state index contributed by atoms with van der Waals surface area (Å²) in [5, 5.41) is 6.10. The Kier molecular flexibility index (Phi) is 4.36. The summed E-state index contributed by atoms with van der Waals surface area (Å²) in [4.78, 5) is 16.9. The van der Waals surface area contributed by atoms with E-state index in [2.05, 4.69) is 25.0 Å². The number of thiophene rings is 1. The summed E-state index contributed by atoms with van der Waals surface area (Å²) in [6.07, 6.45) is 6.01. The second-order valence-corrected chi connectivity index (χ2v) is 7.06. The zero-order valence-electron chi connectivity index (χ0n) is 13.6. The minimum atomic E-state index is 0.413. The SMILES string of the molecule is Cc1nc(C2CCN(Cc3cnc(-c4cccs4)nc3)CC2)no1. The number of nitrogens with zero attached hydrogens (tertiary/aromatic N) is 5. The molecule has 3 aromatic heterocycles. The zero-order chi connectivity index (χ0) is 16.4. The van der Waals surface area contributed by atoms with Gasteiger partial charge in [0, 0.05) is 37.3 Å². The summed E-state index contributed by atoms with van der Waals surface area (Å²) in [6.45, 7) is 4.80. The summed E-state index contributed by atoms with van der Waals surface area (Å²) in [7, 11) is 0. The van der Waals surface area contributed by atoms with Crippen LogP contribution in [-0.2, 0) is 6.54 Å². The summed E-state index contributed by atoms with van der Waals surface area (Å²) in [6, 6.07) is 4.07. The van der Waals surface area contributed by atoms with Crippen molar-refractivity contribution in [3.8, 4) is 10.7 Å². The van der Waals surface area contributed by atoms with Crippen molar-refractivity contribution < 1.29 is 4.52 Å². The van der Waals surface area contributed by atoms with Gasteiger partial charge in [-0.2, -0.15) is 4.98 Å². The highest BCUT2D eigenvalue weighted by Gasteiger charge is 2.24.